The zero-order valence-electron chi connectivity index (χ0n) is 10.6. The van der Waals surface area contributed by atoms with Crippen molar-refractivity contribution >= 4 is 17.6 Å². The van der Waals surface area contributed by atoms with Crippen molar-refractivity contribution in [2.45, 2.75) is 12.8 Å². The number of hydrogen-bond acceptors (Lipinski definition) is 3. The highest BCUT2D eigenvalue weighted by Gasteiger charge is 2.20. The molecule has 1 aliphatic heterocycles. The van der Waals surface area contributed by atoms with E-state index in [1.54, 1.807) is 29.2 Å². The Balaban J connectivity index is 1.93. The first-order chi connectivity index (χ1) is 9.16. The quantitative estimate of drug-likeness (QED) is 0.639. The highest BCUT2D eigenvalue weighted by atomic mass is 16.2. The number of ketones is 1. The van der Waals surface area contributed by atoms with Gasteiger partial charge in [0.25, 0.3) is 0 Å². The summed E-state index contributed by atoms with van der Waals surface area (Å²) in [6.45, 7) is 1.30. The molecule has 1 aromatic carbocycles. The molecular formula is C14H16N2O3. The van der Waals surface area contributed by atoms with E-state index in [1.807, 2.05) is 6.07 Å². The Morgan fingerprint density at radius 3 is 2.63 bits per heavy atom. The minimum absolute atomic E-state index is 0.0512. The number of amides is 2. The summed E-state index contributed by atoms with van der Waals surface area (Å²) >= 11 is 0. The van der Waals surface area contributed by atoms with Gasteiger partial charge in [0, 0.05) is 31.6 Å². The molecule has 19 heavy (non-hydrogen) atoms. The molecule has 1 heterocycles. The van der Waals surface area contributed by atoms with Gasteiger partial charge >= 0.3 is 0 Å². The maximum atomic E-state index is 12.0. The van der Waals surface area contributed by atoms with Crippen molar-refractivity contribution in [3.8, 4) is 0 Å². The molecule has 0 bridgehead atoms. The lowest BCUT2D eigenvalue weighted by atomic mass is 10.1. The first kappa shape index (κ1) is 13.3. The number of Topliss-reactive ketones (excluding diaryl/α,β-unsaturated/α-hetero) is 1. The monoisotopic (exact) mass is 260 g/mol. The molecule has 1 aliphatic rings. The fourth-order valence-electron chi connectivity index (χ4n) is 1.99. The fourth-order valence-corrected chi connectivity index (χ4v) is 1.99. The maximum Gasteiger partial charge on any atom is 0.230 e. The van der Waals surface area contributed by atoms with Crippen LogP contribution < -0.4 is 5.32 Å². The fraction of sp³-hybridized carbons (Fsp3) is 0.357. The molecule has 1 saturated heterocycles. The summed E-state index contributed by atoms with van der Waals surface area (Å²) in [6, 6.07) is 8.76. The third-order valence-corrected chi connectivity index (χ3v) is 3.07. The van der Waals surface area contributed by atoms with Crippen molar-refractivity contribution in [3.63, 3.8) is 0 Å². The summed E-state index contributed by atoms with van der Waals surface area (Å²) in [6.07, 6.45) is 0.156. The smallest absolute Gasteiger partial charge is 0.230 e. The van der Waals surface area contributed by atoms with Crippen molar-refractivity contribution in [3.05, 3.63) is 35.9 Å². The summed E-state index contributed by atoms with van der Waals surface area (Å²) in [7, 11) is 0. The Morgan fingerprint density at radius 2 is 1.89 bits per heavy atom. The van der Waals surface area contributed by atoms with Gasteiger partial charge in [-0.2, -0.15) is 0 Å². The average molecular weight is 260 g/mol. The van der Waals surface area contributed by atoms with Gasteiger partial charge in [-0.15, -0.1) is 0 Å². The zero-order chi connectivity index (χ0) is 13.7. The van der Waals surface area contributed by atoms with E-state index in [1.165, 1.54) is 0 Å². The van der Waals surface area contributed by atoms with Gasteiger partial charge in [0.05, 0.1) is 6.42 Å². The molecule has 100 valence electrons. The minimum atomic E-state index is -0.217. The largest absolute Gasteiger partial charge is 0.354 e. The third kappa shape index (κ3) is 3.64. The average Bonchev–Trinajstić information content (AvgIpc) is 2.64. The number of hydrogen-bond donors (Lipinski definition) is 1. The minimum Gasteiger partial charge on any atom is -0.354 e. The van der Waals surface area contributed by atoms with E-state index >= 15 is 0 Å². The van der Waals surface area contributed by atoms with E-state index in [9.17, 15) is 14.4 Å². The Morgan fingerprint density at radius 1 is 1.16 bits per heavy atom. The van der Waals surface area contributed by atoms with Gasteiger partial charge in [-0.05, 0) is 0 Å². The highest BCUT2D eigenvalue weighted by molar-refractivity contribution is 6.07. The van der Waals surface area contributed by atoms with Crippen molar-refractivity contribution in [1.29, 1.82) is 0 Å². The Hall–Kier alpha value is -2.17. The first-order valence-corrected chi connectivity index (χ1v) is 6.29. The Bertz CT molecular complexity index is 485. The van der Waals surface area contributed by atoms with Crippen LogP contribution in [0.15, 0.2) is 30.3 Å². The van der Waals surface area contributed by atoms with Crippen LogP contribution >= 0.6 is 0 Å². The number of nitrogens with one attached hydrogen (secondary N) is 1. The molecule has 0 unspecified atom stereocenters. The Kier molecular flexibility index (Phi) is 4.28. The second-order valence-electron chi connectivity index (χ2n) is 4.45. The van der Waals surface area contributed by atoms with Crippen LogP contribution in [-0.4, -0.2) is 42.1 Å². The standard InChI is InChI=1S/C14H16N2O3/c17-12(11-4-2-1-3-5-11)10-14(19)16-8-6-13(18)15-7-9-16/h1-5H,6-10H2,(H,15,18). The normalized spacial score (nSPS) is 15.6. The Labute approximate surface area is 111 Å². The number of carbonyl (C=O) groups excluding carboxylic acids is 3. The van der Waals surface area contributed by atoms with Crippen molar-refractivity contribution in [2.75, 3.05) is 19.6 Å². The molecule has 0 atom stereocenters. The van der Waals surface area contributed by atoms with Crippen LogP contribution in [-0.2, 0) is 9.59 Å². The van der Waals surface area contributed by atoms with Gasteiger partial charge in [-0.1, -0.05) is 30.3 Å². The predicted molar refractivity (Wildman–Crippen MR) is 69.6 cm³/mol. The lowest BCUT2D eigenvalue weighted by molar-refractivity contribution is -0.130. The van der Waals surface area contributed by atoms with Crippen LogP contribution in [0.4, 0.5) is 0 Å². The number of nitrogens with zero attached hydrogens (tertiary/aromatic N) is 1. The van der Waals surface area contributed by atoms with Crippen LogP contribution in [0.1, 0.15) is 23.2 Å². The van der Waals surface area contributed by atoms with Crippen molar-refractivity contribution < 1.29 is 14.4 Å². The molecule has 5 heteroatoms. The summed E-state index contributed by atoms with van der Waals surface area (Å²) in [5, 5.41) is 2.70. The van der Waals surface area contributed by atoms with Crippen LogP contribution in [0.2, 0.25) is 0 Å². The van der Waals surface area contributed by atoms with E-state index in [4.69, 9.17) is 0 Å². The summed E-state index contributed by atoms with van der Waals surface area (Å²) in [4.78, 5) is 36.7. The zero-order valence-corrected chi connectivity index (χ0v) is 10.6. The summed E-state index contributed by atoms with van der Waals surface area (Å²) in [5.41, 5.74) is 0.542. The molecule has 0 aromatic heterocycles. The molecule has 1 N–H and O–H groups in total. The second-order valence-corrected chi connectivity index (χ2v) is 4.45. The lowest BCUT2D eigenvalue weighted by Gasteiger charge is -2.18. The van der Waals surface area contributed by atoms with E-state index in [-0.39, 0.29) is 24.0 Å². The van der Waals surface area contributed by atoms with Crippen molar-refractivity contribution in [2.24, 2.45) is 0 Å². The predicted octanol–water partition coefficient (Wildman–Crippen LogP) is 0.608. The molecule has 0 aliphatic carbocycles. The maximum absolute atomic E-state index is 12.0. The van der Waals surface area contributed by atoms with Gasteiger partial charge < -0.3 is 10.2 Å². The number of benzene rings is 1. The van der Waals surface area contributed by atoms with Gasteiger partial charge in [0.1, 0.15) is 0 Å². The molecule has 0 radical (unpaired) electrons. The number of carbonyl (C=O) groups is 3. The second kappa shape index (κ2) is 6.13. The van der Waals surface area contributed by atoms with E-state index in [0.717, 1.165) is 0 Å². The molecular weight excluding hydrogens is 244 g/mol. The SMILES string of the molecule is O=C1CCN(C(=O)CC(=O)c2ccccc2)CCN1. The van der Waals surface area contributed by atoms with Crippen LogP contribution in [0.25, 0.3) is 0 Å². The van der Waals surface area contributed by atoms with Crippen molar-refractivity contribution in [1.82, 2.24) is 10.2 Å². The highest BCUT2D eigenvalue weighted by Crippen LogP contribution is 2.06. The molecule has 5 nitrogen and oxygen atoms in total. The van der Waals surface area contributed by atoms with Crippen LogP contribution in [0.5, 0.6) is 0 Å². The summed E-state index contributed by atoms with van der Waals surface area (Å²) in [5.74, 6) is -0.454. The summed E-state index contributed by atoms with van der Waals surface area (Å²) < 4.78 is 0. The van der Waals surface area contributed by atoms with Gasteiger partial charge in [0.15, 0.2) is 5.78 Å². The molecule has 2 amide bonds. The lowest BCUT2D eigenvalue weighted by Crippen LogP contribution is -2.35. The van der Waals surface area contributed by atoms with Gasteiger partial charge in [-0.3, -0.25) is 14.4 Å². The van der Waals surface area contributed by atoms with Gasteiger partial charge in [-0.25, -0.2) is 0 Å². The topological polar surface area (TPSA) is 66.5 Å². The molecule has 2 rings (SSSR count). The van der Waals surface area contributed by atoms with Crippen LogP contribution in [0, 0.1) is 0 Å². The molecule has 1 aromatic rings. The number of rotatable bonds is 3. The van der Waals surface area contributed by atoms with E-state index in [0.29, 0.717) is 31.6 Å². The molecule has 0 saturated carbocycles. The van der Waals surface area contributed by atoms with E-state index in [2.05, 4.69) is 5.32 Å². The van der Waals surface area contributed by atoms with E-state index < -0.39 is 0 Å². The van der Waals surface area contributed by atoms with Gasteiger partial charge in [0.2, 0.25) is 11.8 Å². The third-order valence-electron chi connectivity index (χ3n) is 3.07. The molecule has 1 fully saturated rings. The van der Waals surface area contributed by atoms with Crippen LogP contribution in [0.3, 0.4) is 0 Å². The molecule has 0 spiro atoms. The first-order valence-electron chi connectivity index (χ1n) is 6.29.